The number of allylic oxidation sites excluding steroid dienone is 2. The molecule has 1 rings (SSSR count). The lowest BCUT2D eigenvalue weighted by Gasteiger charge is -2.17. The van der Waals surface area contributed by atoms with E-state index in [1.165, 1.54) is 76.3 Å². The predicted octanol–water partition coefficient (Wildman–Crippen LogP) is 10.1. The Morgan fingerprint density at radius 1 is 0.653 bits per heavy atom. The molecule has 0 radical (unpaired) electrons. The highest BCUT2D eigenvalue weighted by molar-refractivity contribution is 5.81. The summed E-state index contributed by atoms with van der Waals surface area (Å²) >= 11 is 0. The number of hydrogen-bond donors (Lipinski definition) is 5. The SMILES string of the molecule is C=C(CC)NCCCC(C)C.C=C(CCCCC)NCCCC(C)C.C=C(NCCCC(C)C)N(C)C.CC(C)CCCNC1=NCCN1. The highest BCUT2D eigenvalue weighted by atomic mass is 15.2. The second-order valence-electron chi connectivity index (χ2n) is 15.4. The highest BCUT2D eigenvalue weighted by Gasteiger charge is 2.03. The van der Waals surface area contributed by atoms with Gasteiger partial charge < -0.3 is 31.5 Å². The topological polar surface area (TPSA) is 75.8 Å². The van der Waals surface area contributed by atoms with Crippen molar-refractivity contribution < 1.29 is 0 Å². The Hall–Kier alpha value is -2.31. The van der Waals surface area contributed by atoms with Crippen LogP contribution in [0.5, 0.6) is 0 Å². The van der Waals surface area contributed by atoms with Crippen LogP contribution in [0.1, 0.15) is 153 Å². The zero-order chi connectivity index (χ0) is 37.9. The molecule has 0 aromatic rings. The van der Waals surface area contributed by atoms with Crippen LogP contribution >= 0.6 is 0 Å². The molecular weight excluding hydrogens is 603 g/mol. The molecule has 0 unspecified atom stereocenters. The highest BCUT2D eigenvalue weighted by Crippen LogP contribution is 2.07. The van der Waals surface area contributed by atoms with Crippen molar-refractivity contribution in [3.8, 4) is 0 Å². The van der Waals surface area contributed by atoms with Crippen molar-refractivity contribution in [2.45, 2.75) is 153 Å². The van der Waals surface area contributed by atoms with E-state index in [1.54, 1.807) is 0 Å². The quantitative estimate of drug-likeness (QED) is 0.0614. The van der Waals surface area contributed by atoms with Gasteiger partial charge in [0, 0.05) is 58.2 Å². The number of nitrogens with one attached hydrogen (secondary N) is 5. The van der Waals surface area contributed by atoms with Crippen LogP contribution in [0.4, 0.5) is 0 Å². The third-order valence-electron chi connectivity index (χ3n) is 7.93. The Morgan fingerprint density at radius 3 is 1.49 bits per heavy atom. The zero-order valence-electron chi connectivity index (χ0n) is 35.3. The third-order valence-corrected chi connectivity index (χ3v) is 7.93. The predicted molar refractivity (Wildman–Crippen MR) is 224 cm³/mol. The summed E-state index contributed by atoms with van der Waals surface area (Å²) in [7, 11) is 4.00. The van der Waals surface area contributed by atoms with Crippen LogP contribution in [0.25, 0.3) is 0 Å². The van der Waals surface area contributed by atoms with E-state index in [4.69, 9.17) is 0 Å². The van der Waals surface area contributed by atoms with Crippen molar-refractivity contribution in [3.63, 3.8) is 0 Å². The van der Waals surface area contributed by atoms with Gasteiger partial charge in [0.15, 0.2) is 5.96 Å². The summed E-state index contributed by atoms with van der Waals surface area (Å²) in [4.78, 5) is 6.24. The van der Waals surface area contributed by atoms with Gasteiger partial charge in [0.1, 0.15) is 0 Å². The average Bonchev–Trinajstić information content (AvgIpc) is 3.56. The average molecular weight is 692 g/mol. The maximum Gasteiger partial charge on any atom is 0.191 e. The molecule has 0 aromatic heterocycles. The van der Waals surface area contributed by atoms with Gasteiger partial charge in [0.2, 0.25) is 0 Å². The molecule has 0 aromatic carbocycles. The zero-order valence-corrected chi connectivity index (χ0v) is 35.3. The van der Waals surface area contributed by atoms with Crippen LogP contribution in [0, 0.1) is 23.7 Å². The van der Waals surface area contributed by atoms with Crippen LogP contribution in [0.2, 0.25) is 0 Å². The van der Waals surface area contributed by atoms with Crippen molar-refractivity contribution in [2.24, 2.45) is 28.7 Å². The summed E-state index contributed by atoms with van der Waals surface area (Å²) in [5, 5.41) is 16.4. The first kappa shape index (κ1) is 51.1. The smallest absolute Gasteiger partial charge is 0.191 e. The van der Waals surface area contributed by atoms with Gasteiger partial charge in [-0.25, -0.2) is 0 Å². The minimum absolute atomic E-state index is 0.805. The van der Waals surface area contributed by atoms with E-state index in [0.717, 1.165) is 93.3 Å². The number of rotatable bonds is 25. The van der Waals surface area contributed by atoms with Crippen LogP contribution < -0.4 is 26.6 Å². The Labute approximate surface area is 308 Å². The van der Waals surface area contributed by atoms with Crippen LogP contribution in [0.3, 0.4) is 0 Å². The molecule has 0 aliphatic carbocycles. The molecule has 7 heteroatoms. The van der Waals surface area contributed by atoms with Gasteiger partial charge in [0.25, 0.3) is 0 Å². The molecule has 5 N–H and O–H groups in total. The van der Waals surface area contributed by atoms with Crippen LogP contribution in [-0.4, -0.2) is 64.2 Å². The molecular formula is C42H89N7. The summed E-state index contributed by atoms with van der Waals surface area (Å²) in [6.45, 7) is 40.4. The molecule has 0 saturated heterocycles. The number of unbranched alkanes of at least 4 members (excludes halogenated alkanes) is 2. The van der Waals surface area contributed by atoms with E-state index in [1.807, 2.05) is 19.0 Å². The Bertz CT molecular complexity index is 784. The Morgan fingerprint density at radius 2 is 1.10 bits per heavy atom. The van der Waals surface area contributed by atoms with E-state index in [9.17, 15) is 0 Å². The van der Waals surface area contributed by atoms with Gasteiger partial charge in [0.05, 0.1) is 12.4 Å². The maximum atomic E-state index is 4.25. The molecule has 1 aliphatic heterocycles. The molecule has 1 heterocycles. The number of hydrogen-bond acceptors (Lipinski definition) is 7. The normalized spacial score (nSPS) is 11.7. The largest absolute Gasteiger partial charge is 0.389 e. The molecule has 0 atom stereocenters. The number of guanidine groups is 1. The van der Waals surface area contributed by atoms with E-state index in [2.05, 4.69) is 121 Å². The van der Waals surface area contributed by atoms with Gasteiger partial charge in [-0.05, 0) is 94.3 Å². The van der Waals surface area contributed by atoms with Gasteiger partial charge in [-0.15, -0.1) is 0 Å². The van der Waals surface area contributed by atoms with Crippen molar-refractivity contribution in [2.75, 3.05) is 53.4 Å². The van der Waals surface area contributed by atoms with Crippen molar-refractivity contribution in [1.29, 1.82) is 0 Å². The van der Waals surface area contributed by atoms with Gasteiger partial charge >= 0.3 is 0 Å². The lowest BCUT2D eigenvalue weighted by atomic mass is 10.1. The van der Waals surface area contributed by atoms with Crippen molar-refractivity contribution >= 4 is 5.96 Å². The van der Waals surface area contributed by atoms with Gasteiger partial charge in [-0.2, -0.15) is 0 Å². The van der Waals surface area contributed by atoms with Crippen LogP contribution in [-0.2, 0) is 0 Å². The summed E-state index contributed by atoms with van der Waals surface area (Å²) < 4.78 is 0. The van der Waals surface area contributed by atoms with E-state index < -0.39 is 0 Å². The third kappa shape index (κ3) is 45.7. The Balaban J connectivity index is -0.000000578. The first-order valence-corrected chi connectivity index (χ1v) is 20.1. The number of nitrogens with zero attached hydrogens (tertiary/aromatic N) is 2. The lowest BCUT2D eigenvalue weighted by molar-refractivity contribution is 0.450. The molecule has 49 heavy (non-hydrogen) atoms. The van der Waals surface area contributed by atoms with E-state index >= 15 is 0 Å². The first-order chi connectivity index (χ1) is 23.2. The standard InChI is InChI=1S/C13H27N.C10H22N2.C10H21N.C9H19N3/c1-5-6-7-10-13(4)14-11-8-9-12(2)3;1-9(2)7-6-8-11-10(3)12(4)5;1-5-10(4)11-8-6-7-9(2)3;1-8(2)4-3-5-10-9-11-6-7-12-9/h12,14H,4-11H2,1-3H3;9,11H,3,6-8H2,1-2,4-5H3;9,11H,4-8H2,1-3H3;8H,3-7H2,1-2H3,(H2,10,11,12). The second kappa shape index (κ2) is 37.0. The minimum atomic E-state index is 0.805. The van der Waals surface area contributed by atoms with Crippen LogP contribution in [0.15, 0.2) is 41.9 Å². The summed E-state index contributed by atoms with van der Waals surface area (Å²) in [5.74, 6) is 5.25. The van der Waals surface area contributed by atoms with Gasteiger partial charge in [-0.1, -0.05) is 102 Å². The molecule has 0 saturated carbocycles. The Kier molecular flexibility index (Phi) is 38.5. The maximum absolute atomic E-state index is 4.25. The summed E-state index contributed by atoms with van der Waals surface area (Å²) in [6.07, 6.45) is 16.3. The van der Waals surface area contributed by atoms with E-state index in [-0.39, 0.29) is 0 Å². The summed E-state index contributed by atoms with van der Waals surface area (Å²) in [5.41, 5.74) is 2.39. The van der Waals surface area contributed by atoms with E-state index in [0.29, 0.717) is 0 Å². The molecule has 0 bridgehead atoms. The fraction of sp³-hybridized carbons (Fsp3) is 0.833. The summed E-state index contributed by atoms with van der Waals surface area (Å²) in [6, 6.07) is 0. The molecule has 0 spiro atoms. The monoisotopic (exact) mass is 692 g/mol. The molecule has 0 fully saturated rings. The minimum Gasteiger partial charge on any atom is -0.389 e. The van der Waals surface area contributed by atoms with Crippen molar-refractivity contribution in [3.05, 3.63) is 37.0 Å². The van der Waals surface area contributed by atoms with Gasteiger partial charge in [-0.3, -0.25) is 4.99 Å². The molecule has 1 aliphatic rings. The fourth-order valence-corrected chi connectivity index (χ4v) is 4.49. The molecule has 0 amide bonds. The molecule has 7 nitrogen and oxygen atoms in total. The van der Waals surface area contributed by atoms with Crippen molar-refractivity contribution in [1.82, 2.24) is 31.5 Å². The first-order valence-electron chi connectivity index (χ1n) is 20.1. The second-order valence-corrected chi connectivity index (χ2v) is 15.4. The fourth-order valence-electron chi connectivity index (χ4n) is 4.49. The lowest BCUT2D eigenvalue weighted by Crippen LogP contribution is -2.34. The molecule has 292 valence electrons. The number of aliphatic imine (C=N–C) groups is 1.